The summed E-state index contributed by atoms with van der Waals surface area (Å²) in [7, 11) is -2.25. The predicted molar refractivity (Wildman–Crippen MR) is 123 cm³/mol. The molecule has 1 fully saturated rings. The first-order chi connectivity index (χ1) is 14.6. The summed E-state index contributed by atoms with van der Waals surface area (Å²) in [6, 6.07) is 7.52. The van der Waals surface area contributed by atoms with E-state index in [-0.39, 0.29) is 23.4 Å². The van der Waals surface area contributed by atoms with E-state index in [9.17, 15) is 13.2 Å². The highest BCUT2D eigenvalue weighted by molar-refractivity contribution is 7.93. The van der Waals surface area contributed by atoms with E-state index in [1.165, 1.54) is 10.7 Å². The van der Waals surface area contributed by atoms with Crippen LogP contribution in [0.2, 0.25) is 0 Å². The normalized spacial score (nSPS) is 15.3. The van der Waals surface area contributed by atoms with Gasteiger partial charge in [0.15, 0.2) is 0 Å². The second-order valence-electron chi connectivity index (χ2n) is 8.78. The Hall–Kier alpha value is -2.35. The molecule has 7 nitrogen and oxygen atoms in total. The SMILES string of the molecule is Cc1nn(C)c(C)c1S(=O)(=O)N(CC(=O)NC1CCCCC1)c1ccc(C(C)C)cc1. The Morgan fingerprint density at radius 2 is 1.77 bits per heavy atom. The molecular weight excluding hydrogens is 412 g/mol. The quantitative estimate of drug-likeness (QED) is 0.701. The molecule has 1 aliphatic rings. The van der Waals surface area contributed by atoms with Gasteiger partial charge < -0.3 is 5.32 Å². The summed E-state index contributed by atoms with van der Waals surface area (Å²) >= 11 is 0. The first-order valence-electron chi connectivity index (χ1n) is 11.0. The van der Waals surface area contributed by atoms with E-state index in [4.69, 9.17) is 0 Å². The second kappa shape index (κ2) is 9.42. The van der Waals surface area contributed by atoms with Crippen LogP contribution in [0.15, 0.2) is 29.2 Å². The lowest BCUT2D eigenvalue weighted by Gasteiger charge is -2.27. The number of benzene rings is 1. The van der Waals surface area contributed by atoms with Crippen molar-refractivity contribution in [3.05, 3.63) is 41.2 Å². The molecule has 0 saturated heterocycles. The van der Waals surface area contributed by atoms with E-state index in [2.05, 4.69) is 24.3 Å². The Morgan fingerprint density at radius 3 is 2.29 bits per heavy atom. The molecule has 0 unspecified atom stereocenters. The number of hydrogen-bond donors (Lipinski definition) is 1. The van der Waals surface area contributed by atoms with Gasteiger partial charge in [-0.1, -0.05) is 45.2 Å². The minimum absolute atomic E-state index is 0.121. The number of anilines is 1. The number of aryl methyl sites for hydroxylation is 2. The molecule has 1 aromatic heterocycles. The standard InChI is InChI=1S/C23H34N4O3S/c1-16(2)19-11-13-21(14-12-19)27(15-22(28)24-20-9-7-6-8-10-20)31(29,30)23-17(3)25-26(5)18(23)4/h11-14,16,20H,6-10,15H2,1-5H3,(H,24,28). The van der Waals surface area contributed by atoms with Gasteiger partial charge in [-0.2, -0.15) is 5.10 Å². The van der Waals surface area contributed by atoms with Gasteiger partial charge in [-0.3, -0.25) is 13.8 Å². The average Bonchev–Trinajstić information content (AvgIpc) is 2.99. The van der Waals surface area contributed by atoms with Gasteiger partial charge in [0, 0.05) is 13.1 Å². The van der Waals surface area contributed by atoms with Crippen molar-refractivity contribution in [3.63, 3.8) is 0 Å². The van der Waals surface area contributed by atoms with Crippen LogP contribution in [-0.2, 0) is 21.9 Å². The van der Waals surface area contributed by atoms with Gasteiger partial charge in [-0.05, 0) is 50.3 Å². The lowest BCUT2D eigenvalue weighted by molar-refractivity contribution is -0.120. The highest BCUT2D eigenvalue weighted by Gasteiger charge is 2.33. The first kappa shape index (κ1) is 23.3. The molecule has 1 aliphatic carbocycles. The maximum atomic E-state index is 13.7. The molecule has 0 aliphatic heterocycles. The van der Waals surface area contributed by atoms with Crippen molar-refractivity contribution in [1.82, 2.24) is 15.1 Å². The number of rotatable bonds is 7. The zero-order valence-electron chi connectivity index (χ0n) is 19.2. The summed E-state index contributed by atoms with van der Waals surface area (Å²) in [5.41, 5.74) is 2.57. The predicted octanol–water partition coefficient (Wildman–Crippen LogP) is 3.80. The van der Waals surface area contributed by atoms with Crippen molar-refractivity contribution in [2.24, 2.45) is 7.05 Å². The fourth-order valence-corrected chi connectivity index (χ4v) is 6.06. The third kappa shape index (κ3) is 5.11. The highest BCUT2D eigenvalue weighted by atomic mass is 32.2. The molecule has 1 N–H and O–H groups in total. The largest absolute Gasteiger partial charge is 0.352 e. The molecule has 1 aromatic carbocycles. The molecule has 0 atom stereocenters. The van der Waals surface area contributed by atoms with Crippen LogP contribution in [0, 0.1) is 13.8 Å². The Labute approximate surface area is 185 Å². The topological polar surface area (TPSA) is 84.3 Å². The number of hydrogen-bond acceptors (Lipinski definition) is 4. The lowest BCUT2D eigenvalue weighted by atomic mass is 9.95. The molecule has 2 aromatic rings. The van der Waals surface area contributed by atoms with Crippen molar-refractivity contribution in [2.45, 2.75) is 76.7 Å². The van der Waals surface area contributed by atoms with Crippen molar-refractivity contribution < 1.29 is 13.2 Å². The number of carbonyl (C=O) groups is 1. The number of amides is 1. The Kier molecular flexibility index (Phi) is 7.09. The number of aromatic nitrogens is 2. The number of nitrogens with one attached hydrogen (secondary N) is 1. The van der Waals surface area contributed by atoms with Crippen LogP contribution in [0.1, 0.15) is 68.8 Å². The second-order valence-corrected chi connectivity index (χ2v) is 10.6. The smallest absolute Gasteiger partial charge is 0.268 e. The van der Waals surface area contributed by atoms with E-state index >= 15 is 0 Å². The van der Waals surface area contributed by atoms with E-state index in [0.29, 0.717) is 23.0 Å². The molecule has 0 spiro atoms. The molecule has 1 heterocycles. The molecule has 170 valence electrons. The van der Waals surface area contributed by atoms with Gasteiger partial charge in [0.2, 0.25) is 5.91 Å². The Bertz CT molecular complexity index is 1020. The molecule has 8 heteroatoms. The molecule has 3 rings (SSSR count). The molecule has 1 amide bonds. The molecular formula is C23H34N4O3S. The van der Waals surface area contributed by atoms with Gasteiger partial charge in [0.05, 0.1) is 17.1 Å². The van der Waals surface area contributed by atoms with Crippen molar-refractivity contribution in [2.75, 3.05) is 10.8 Å². The van der Waals surface area contributed by atoms with Crippen LogP contribution >= 0.6 is 0 Å². The number of carbonyl (C=O) groups excluding carboxylic acids is 1. The van der Waals surface area contributed by atoms with Gasteiger partial charge in [-0.25, -0.2) is 8.42 Å². The van der Waals surface area contributed by atoms with E-state index in [0.717, 1.165) is 31.2 Å². The maximum absolute atomic E-state index is 13.7. The lowest BCUT2D eigenvalue weighted by Crippen LogP contribution is -2.45. The maximum Gasteiger partial charge on any atom is 0.268 e. The summed E-state index contributed by atoms with van der Waals surface area (Å²) in [5, 5.41) is 7.31. The molecule has 1 saturated carbocycles. The van der Waals surface area contributed by atoms with Crippen molar-refractivity contribution >= 4 is 21.6 Å². The Morgan fingerprint density at radius 1 is 1.16 bits per heavy atom. The van der Waals surface area contributed by atoms with E-state index in [1.54, 1.807) is 37.7 Å². The monoisotopic (exact) mass is 446 g/mol. The van der Waals surface area contributed by atoms with Crippen LogP contribution in [0.3, 0.4) is 0 Å². The third-order valence-electron chi connectivity index (χ3n) is 6.10. The zero-order chi connectivity index (χ0) is 22.8. The summed E-state index contributed by atoms with van der Waals surface area (Å²) in [6.45, 7) is 7.33. The van der Waals surface area contributed by atoms with Crippen LogP contribution in [-0.4, -0.2) is 36.7 Å². The van der Waals surface area contributed by atoms with Crippen molar-refractivity contribution in [1.29, 1.82) is 0 Å². The van der Waals surface area contributed by atoms with Crippen molar-refractivity contribution in [3.8, 4) is 0 Å². The highest BCUT2D eigenvalue weighted by Crippen LogP contribution is 2.29. The number of nitrogens with zero attached hydrogens (tertiary/aromatic N) is 3. The molecule has 0 bridgehead atoms. The van der Waals surface area contributed by atoms with Gasteiger partial charge in [0.25, 0.3) is 10.0 Å². The third-order valence-corrected chi connectivity index (χ3v) is 8.12. The number of sulfonamides is 1. The van der Waals surface area contributed by atoms with Gasteiger partial charge in [-0.15, -0.1) is 0 Å². The average molecular weight is 447 g/mol. The fraction of sp³-hybridized carbons (Fsp3) is 0.565. The minimum Gasteiger partial charge on any atom is -0.352 e. The van der Waals surface area contributed by atoms with E-state index < -0.39 is 10.0 Å². The Balaban J connectivity index is 1.96. The summed E-state index contributed by atoms with van der Waals surface area (Å²) in [5.74, 6) is 0.0547. The molecule has 31 heavy (non-hydrogen) atoms. The minimum atomic E-state index is -3.97. The summed E-state index contributed by atoms with van der Waals surface area (Å²) in [4.78, 5) is 13.0. The van der Waals surface area contributed by atoms with E-state index in [1.807, 2.05) is 12.1 Å². The van der Waals surface area contributed by atoms with Gasteiger partial charge in [0.1, 0.15) is 11.4 Å². The van der Waals surface area contributed by atoms with Gasteiger partial charge >= 0.3 is 0 Å². The van der Waals surface area contributed by atoms with Crippen LogP contribution in [0.25, 0.3) is 0 Å². The first-order valence-corrected chi connectivity index (χ1v) is 12.5. The summed E-state index contributed by atoms with van der Waals surface area (Å²) < 4.78 is 30.2. The zero-order valence-corrected chi connectivity index (χ0v) is 20.0. The summed E-state index contributed by atoms with van der Waals surface area (Å²) in [6.07, 6.45) is 5.27. The van der Waals surface area contributed by atoms with Crippen LogP contribution < -0.4 is 9.62 Å². The van der Waals surface area contributed by atoms with Crippen LogP contribution in [0.4, 0.5) is 5.69 Å². The fourth-order valence-electron chi connectivity index (χ4n) is 4.23. The van der Waals surface area contributed by atoms with Crippen LogP contribution in [0.5, 0.6) is 0 Å². The molecule has 0 radical (unpaired) electrons.